The molecule has 0 aromatic heterocycles. The molecule has 10 aromatic rings. The van der Waals surface area contributed by atoms with Crippen molar-refractivity contribution in [2.45, 2.75) is 13.2 Å². The van der Waals surface area contributed by atoms with Crippen LogP contribution < -0.4 is 32.8 Å². The van der Waals surface area contributed by atoms with Crippen molar-refractivity contribution >= 4 is 90.5 Å². The second kappa shape index (κ2) is 12.4. The van der Waals surface area contributed by atoms with Gasteiger partial charge >= 0.3 is 11.9 Å². The summed E-state index contributed by atoms with van der Waals surface area (Å²) in [4.78, 5) is 28.0. The van der Waals surface area contributed by atoms with Crippen molar-refractivity contribution in [3.63, 3.8) is 0 Å². The normalized spacial score (nSPS) is 13.5. The molecule has 0 N–H and O–H groups in total. The molecule has 4 heterocycles. The van der Waals surface area contributed by atoms with E-state index in [9.17, 15) is 12.3 Å². The Bertz CT molecular complexity index is 3510. The Balaban J connectivity index is 1.03. The Morgan fingerprint density at radius 2 is 0.790 bits per heavy atom. The van der Waals surface area contributed by atoms with Gasteiger partial charge in [-0.3, -0.25) is 0 Å². The summed E-state index contributed by atoms with van der Waals surface area (Å²) in [5, 5.41) is 5.71. The number of carbonyl (C=O) groups is 2. The SMILES string of the molecule is [2H]c1cc2c3c(cc4c([2H])cc5c6c(cc1c3c46)B1c3ccccc3-c3cc(C(=O)OCc4ccccc4)cc-5c31)B1c3ccccc3-c3cc(C(=O)OCc4ccccc4)cc-2c31. The predicted molar refractivity (Wildman–Crippen MR) is 252 cm³/mol. The lowest BCUT2D eigenvalue weighted by molar-refractivity contribution is 0.0464. The highest BCUT2D eigenvalue weighted by molar-refractivity contribution is 7.03. The van der Waals surface area contributed by atoms with Gasteiger partial charge in [-0.15, -0.1) is 0 Å². The Kier molecular flexibility index (Phi) is 6.44. The predicted octanol–water partition coefficient (Wildman–Crippen LogP) is 8.25. The number of ether oxygens (including phenoxy) is 2. The van der Waals surface area contributed by atoms with Crippen molar-refractivity contribution in [1.29, 1.82) is 0 Å². The summed E-state index contributed by atoms with van der Waals surface area (Å²) in [6.07, 6.45) is 0. The molecule has 0 aliphatic carbocycles. The van der Waals surface area contributed by atoms with Crippen molar-refractivity contribution in [2.24, 2.45) is 0 Å². The molecule has 0 atom stereocenters. The highest BCUT2D eigenvalue weighted by atomic mass is 16.5. The minimum atomic E-state index is -0.396. The van der Waals surface area contributed by atoms with E-state index in [-0.39, 0.29) is 26.6 Å². The molecule has 0 bridgehead atoms. The first-order valence-electron chi connectivity index (χ1n) is 22.2. The molecule has 6 heteroatoms. The minimum Gasteiger partial charge on any atom is -0.457 e. The zero-order valence-corrected chi connectivity index (χ0v) is 33.2. The van der Waals surface area contributed by atoms with Crippen LogP contribution >= 0.6 is 0 Å². The monoisotopic (exact) mass is 792 g/mol. The van der Waals surface area contributed by atoms with Gasteiger partial charge in [0.05, 0.1) is 13.9 Å². The van der Waals surface area contributed by atoms with Crippen molar-refractivity contribution in [3.8, 4) is 44.5 Å². The lowest BCUT2D eigenvalue weighted by Crippen LogP contribution is -2.52. The zero-order valence-electron chi connectivity index (χ0n) is 35.2. The van der Waals surface area contributed by atoms with Crippen LogP contribution in [0.3, 0.4) is 0 Å². The van der Waals surface area contributed by atoms with Crippen LogP contribution in [0.4, 0.5) is 0 Å². The lowest BCUT2D eigenvalue weighted by Gasteiger charge is -2.31. The lowest BCUT2D eigenvalue weighted by atomic mass is 9.34. The van der Waals surface area contributed by atoms with Crippen LogP contribution in [0.25, 0.3) is 76.8 Å². The fourth-order valence-corrected chi connectivity index (χ4v) is 11.4. The standard InChI is InChI=1S/C56H32B2O4/c59-55(61-29-31-11-3-1-4-12-31)35-23-41-37-15-7-9-17-45(37)57-47-27-34-20-22-40-44-26-36(56(60)62-30-32-13-5-2-6-14-32)24-42-38-16-8-10-18-46(38)58(54(42)44)48-28-33-19-21-39(43(25-35)53(41)57)51(47)49(33)50(34)52(40)48/h1-28H,29-30H2/i19D,20D. The Hall–Kier alpha value is -7.69. The van der Waals surface area contributed by atoms with E-state index in [0.717, 1.165) is 121 Å². The van der Waals surface area contributed by atoms with Crippen LogP contribution in [0.5, 0.6) is 0 Å². The van der Waals surface area contributed by atoms with Gasteiger partial charge in [0.15, 0.2) is 0 Å². The second-order valence-electron chi connectivity index (χ2n) is 17.1. The molecule has 0 saturated heterocycles. The van der Waals surface area contributed by atoms with Gasteiger partial charge in [-0.25, -0.2) is 9.59 Å². The number of hydrogen-bond donors (Lipinski definition) is 0. The summed E-state index contributed by atoms with van der Waals surface area (Å²) in [6.45, 7) is 0.0641. The first-order chi connectivity index (χ1) is 31.4. The average molecular weight is 793 g/mol. The van der Waals surface area contributed by atoms with Gasteiger partial charge in [-0.05, 0) is 112 Å². The van der Waals surface area contributed by atoms with Crippen LogP contribution in [0, 0.1) is 0 Å². The molecule has 14 rings (SSSR count). The first-order valence-corrected chi connectivity index (χ1v) is 21.2. The molecular formula is C56H32B2O4. The molecule has 0 fully saturated rings. The second-order valence-corrected chi connectivity index (χ2v) is 17.1. The molecule has 4 aliphatic heterocycles. The van der Waals surface area contributed by atoms with E-state index >= 15 is 0 Å². The highest BCUT2D eigenvalue weighted by Gasteiger charge is 2.44. The Morgan fingerprint density at radius 1 is 0.403 bits per heavy atom. The van der Waals surface area contributed by atoms with E-state index in [1.54, 1.807) is 0 Å². The smallest absolute Gasteiger partial charge is 0.338 e. The van der Waals surface area contributed by atoms with E-state index in [0.29, 0.717) is 23.2 Å². The van der Waals surface area contributed by atoms with Gasteiger partial charge in [-0.1, -0.05) is 178 Å². The first kappa shape index (κ1) is 32.1. The third kappa shape index (κ3) is 4.53. The number of benzene rings is 10. The van der Waals surface area contributed by atoms with Gasteiger partial charge in [0.1, 0.15) is 13.2 Å². The van der Waals surface area contributed by atoms with E-state index in [2.05, 4.69) is 48.5 Å². The van der Waals surface area contributed by atoms with E-state index in [1.165, 1.54) is 0 Å². The topological polar surface area (TPSA) is 52.6 Å². The fraction of sp³-hybridized carbons (Fsp3) is 0.0357. The van der Waals surface area contributed by atoms with E-state index < -0.39 is 11.9 Å². The summed E-state index contributed by atoms with van der Waals surface area (Å²) in [5.41, 5.74) is 17.4. The Morgan fingerprint density at radius 3 is 1.23 bits per heavy atom. The molecule has 0 spiro atoms. The Labute approximate surface area is 360 Å². The molecule has 4 nitrogen and oxygen atoms in total. The van der Waals surface area contributed by atoms with Crippen molar-refractivity contribution in [2.75, 3.05) is 0 Å². The molecule has 10 aromatic carbocycles. The largest absolute Gasteiger partial charge is 0.457 e. The molecule has 0 saturated carbocycles. The van der Waals surface area contributed by atoms with Gasteiger partial charge in [0, 0.05) is 0 Å². The summed E-state index contributed by atoms with van der Waals surface area (Å²) in [5.74, 6) is -0.793. The van der Waals surface area contributed by atoms with Crippen LogP contribution in [0.15, 0.2) is 170 Å². The fourth-order valence-electron chi connectivity index (χ4n) is 11.4. The third-order valence-corrected chi connectivity index (χ3v) is 13.9. The van der Waals surface area contributed by atoms with E-state index in [4.69, 9.17) is 9.47 Å². The maximum atomic E-state index is 14.0. The van der Waals surface area contributed by atoms with Crippen molar-refractivity contribution < 1.29 is 21.8 Å². The van der Waals surface area contributed by atoms with Gasteiger partial charge in [0.25, 0.3) is 0 Å². The molecule has 0 unspecified atom stereocenters. The van der Waals surface area contributed by atoms with Crippen LogP contribution in [0.1, 0.15) is 34.6 Å². The van der Waals surface area contributed by atoms with Crippen LogP contribution in [0.2, 0.25) is 0 Å². The number of carbonyl (C=O) groups excluding carboxylic acids is 2. The maximum Gasteiger partial charge on any atom is 0.338 e. The maximum absolute atomic E-state index is 14.0. The zero-order chi connectivity index (χ0) is 42.5. The van der Waals surface area contributed by atoms with Crippen LogP contribution in [-0.2, 0) is 22.7 Å². The summed E-state index contributed by atoms with van der Waals surface area (Å²) in [7, 11) is 0. The molecule has 0 amide bonds. The number of rotatable bonds is 6. The summed E-state index contributed by atoms with van der Waals surface area (Å²) >= 11 is 0. The minimum absolute atomic E-state index is 0.132. The van der Waals surface area contributed by atoms with Gasteiger partial charge in [0.2, 0.25) is 13.4 Å². The highest BCUT2D eigenvalue weighted by Crippen LogP contribution is 2.46. The number of hydrogen-bond acceptors (Lipinski definition) is 4. The van der Waals surface area contributed by atoms with Gasteiger partial charge < -0.3 is 9.47 Å². The molecular weight excluding hydrogens is 758 g/mol. The van der Waals surface area contributed by atoms with Crippen LogP contribution in [-0.4, -0.2) is 25.4 Å². The molecule has 62 heavy (non-hydrogen) atoms. The number of fused-ring (bicyclic) bond motifs is 10. The summed E-state index contributed by atoms with van der Waals surface area (Å²) < 4.78 is 31.6. The molecule has 0 radical (unpaired) electrons. The summed E-state index contributed by atoms with van der Waals surface area (Å²) in [6, 6.07) is 53.5. The quantitative estimate of drug-likeness (QED) is 0.0968. The van der Waals surface area contributed by atoms with Crippen molar-refractivity contribution in [1.82, 2.24) is 0 Å². The van der Waals surface area contributed by atoms with Gasteiger partial charge in [-0.2, -0.15) is 0 Å². The van der Waals surface area contributed by atoms with Crippen molar-refractivity contribution in [3.05, 3.63) is 192 Å². The average Bonchev–Trinajstić information content (AvgIpc) is 3.85. The molecule has 286 valence electrons. The third-order valence-electron chi connectivity index (χ3n) is 13.9. The van der Waals surface area contributed by atoms with E-state index in [1.807, 2.05) is 109 Å². The molecule has 4 aliphatic rings. The number of esters is 2.